The minimum Gasteiger partial charge on any atom is -0.362 e. The van der Waals surface area contributed by atoms with E-state index in [0.29, 0.717) is 0 Å². The van der Waals surface area contributed by atoms with E-state index in [1.54, 1.807) is 0 Å². The fourth-order valence-corrected chi connectivity index (χ4v) is 6.94. The van der Waals surface area contributed by atoms with Gasteiger partial charge in [0.2, 0.25) is 6.29 Å². The summed E-state index contributed by atoms with van der Waals surface area (Å²) in [7, 11) is -5.22. The van der Waals surface area contributed by atoms with Crippen LogP contribution in [0.3, 0.4) is 0 Å². The standard InChI is InChI=1S/C15H26F2O5S/c1-11-4-12(2)6-13(3,5-11)14(7-11,8-12)9-22-10(18)15(16,17)23(19,20)21/h10,18-21H,4-9H2,1-3H3. The van der Waals surface area contributed by atoms with Crippen molar-refractivity contribution in [3.63, 3.8) is 0 Å². The first-order valence-electron chi connectivity index (χ1n) is 7.84. The summed E-state index contributed by atoms with van der Waals surface area (Å²) in [5.74, 6) is 0. The lowest BCUT2D eigenvalue weighted by molar-refractivity contribution is -0.219. The van der Waals surface area contributed by atoms with Gasteiger partial charge in [0.05, 0.1) is 6.61 Å². The zero-order valence-corrected chi connectivity index (χ0v) is 14.5. The molecule has 4 aliphatic rings. The molecule has 3 atom stereocenters. The van der Waals surface area contributed by atoms with Crippen molar-refractivity contribution in [1.29, 1.82) is 0 Å². The van der Waals surface area contributed by atoms with Crippen LogP contribution in [0.1, 0.15) is 52.9 Å². The van der Waals surface area contributed by atoms with Crippen LogP contribution >= 0.6 is 10.9 Å². The third-order valence-corrected chi connectivity index (χ3v) is 7.40. The minimum atomic E-state index is -5.22. The van der Waals surface area contributed by atoms with Gasteiger partial charge in [0.25, 0.3) is 0 Å². The van der Waals surface area contributed by atoms with Gasteiger partial charge < -0.3 is 23.5 Å². The van der Waals surface area contributed by atoms with Crippen molar-refractivity contribution in [3.05, 3.63) is 0 Å². The van der Waals surface area contributed by atoms with Gasteiger partial charge in [0.15, 0.2) is 10.9 Å². The highest BCUT2D eigenvalue weighted by molar-refractivity contribution is 8.20. The highest BCUT2D eigenvalue weighted by Gasteiger charge is 2.72. The normalized spacial score (nSPS) is 48.0. The highest BCUT2D eigenvalue weighted by Crippen LogP contribution is 2.79. The Hall–Kier alpha value is 0.01000. The van der Waals surface area contributed by atoms with E-state index in [9.17, 15) is 13.9 Å². The molecule has 0 spiro atoms. The van der Waals surface area contributed by atoms with Gasteiger partial charge in [-0.1, -0.05) is 20.8 Å². The smallest absolute Gasteiger partial charge is 0.362 e. The quantitative estimate of drug-likeness (QED) is 0.556. The van der Waals surface area contributed by atoms with E-state index >= 15 is 0 Å². The molecule has 0 aromatic rings. The summed E-state index contributed by atoms with van der Waals surface area (Å²) in [5.41, 5.74) is 0.0169. The number of ether oxygens (including phenoxy) is 1. The van der Waals surface area contributed by atoms with E-state index in [1.165, 1.54) is 0 Å². The van der Waals surface area contributed by atoms with E-state index in [-0.39, 0.29) is 28.3 Å². The number of hydrogen-bond acceptors (Lipinski definition) is 5. The van der Waals surface area contributed by atoms with Gasteiger partial charge in [-0.25, -0.2) is 0 Å². The number of aliphatic hydroxyl groups excluding tert-OH is 1. The number of alkyl halides is 2. The zero-order chi connectivity index (χ0) is 17.5. The van der Waals surface area contributed by atoms with Crippen molar-refractivity contribution in [2.24, 2.45) is 21.7 Å². The Kier molecular flexibility index (Phi) is 3.56. The summed E-state index contributed by atoms with van der Waals surface area (Å²) < 4.78 is 58.5. The second-order valence-electron chi connectivity index (χ2n) is 9.09. The molecular weight excluding hydrogens is 330 g/mol. The van der Waals surface area contributed by atoms with Crippen molar-refractivity contribution in [2.45, 2.75) is 64.4 Å². The fourth-order valence-electron chi connectivity index (χ4n) is 6.60. The maximum Gasteiger partial charge on any atom is 0.390 e. The van der Waals surface area contributed by atoms with Crippen LogP contribution in [0, 0.1) is 21.7 Å². The van der Waals surface area contributed by atoms with Gasteiger partial charge in [-0.05, 0) is 48.3 Å². The highest BCUT2D eigenvalue weighted by atomic mass is 32.3. The van der Waals surface area contributed by atoms with Crippen LogP contribution in [0.15, 0.2) is 0 Å². The van der Waals surface area contributed by atoms with Crippen molar-refractivity contribution >= 4 is 10.9 Å². The lowest BCUT2D eigenvalue weighted by atomic mass is 9.61. The van der Waals surface area contributed by atoms with Crippen LogP contribution in [0.5, 0.6) is 0 Å². The molecule has 136 valence electrons. The van der Waals surface area contributed by atoms with E-state index in [2.05, 4.69) is 20.8 Å². The number of rotatable bonds is 5. The summed E-state index contributed by atoms with van der Waals surface area (Å²) in [6, 6.07) is 0. The van der Waals surface area contributed by atoms with Crippen LogP contribution in [-0.4, -0.2) is 36.9 Å². The van der Waals surface area contributed by atoms with E-state index in [1.807, 2.05) is 0 Å². The monoisotopic (exact) mass is 356 g/mol. The molecule has 3 unspecified atom stereocenters. The van der Waals surface area contributed by atoms with E-state index < -0.39 is 22.4 Å². The molecule has 4 saturated carbocycles. The van der Waals surface area contributed by atoms with Crippen LogP contribution in [0.2, 0.25) is 0 Å². The Morgan fingerprint density at radius 1 is 1.00 bits per heavy atom. The molecule has 5 nitrogen and oxygen atoms in total. The molecule has 0 saturated heterocycles. The van der Waals surface area contributed by atoms with Gasteiger partial charge >= 0.3 is 5.25 Å². The Bertz CT molecular complexity index is 502. The Morgan fingerprint density at radius 2 is 1.48 bits per heavy atom. The first-order valence-corrected chi connectivity index (χ1v) is 9.34. The molecule has 4 bridgehead atoms. The summed E-state index contributed by atoms with van der Waals surface area (Å²) in [6.07, 6.45) is 2.13. The van der Waals surface area contributed by atoms with Gasteiger partial charge in [-0.3, -0.25) is 0 Å². The third-order valence-electron chi connectivity index (χ3n) is 6.47. The molecule has 4 rings (SSSR count). The predicted molar refractivity (Wildman–Crippen MR) is 82.2 cm³/mol. The maximum absolute atomic E-state index is 13.6. The lowest BCUT2D eigenvalue weighted by Gasteiger charge is -2.44. The predicted octanol–water partition coefficient (Wildman–Crippen LogP) is 4.13. The summed E-state index contributed by atoms with van der Waals surface area (Å²) in [6.45, 7) is 6.54. The Labute approximate surface area is 136 Å². The van der Waals surface area contributed by atoms with E-state index in [4.69, 9.17) is 18.4 Å². The van der Waals surface area contributed by atoms with Crippen LogP contribution < -0.4 is 0 Å². The molecule has 0 radical (unpaired) electrons. The molecule has 23 heavy (non-hydrogen) atoms. The van der Waals surface area contributed by atoms with Gasteiger partial charge in [-0.2, -0.15) is 8.78 Å². The van der Waals surface area contributed by atoms with Crippen LogP contribution in [0.25, 0.3) is 0 Å². The fraction of sp³-hybridized carbons (Fsp3) is 1.00. The molecule has 0 aromatic carbocycles. The zero-order valence-electron chi connectivity index (χ0n) is 13.7. The molecule has 8 heteroatoms. The van der Waals surface area contributed by atoms with Crippen molar-refractivity contribution in [2.75, 3.05) is 6.61 Å². The van der Waals surface area contributed by atoms with Gasteiger partial charge in [0, 0.05) is 5.41 Å². The van der Waals surface area contributed by atoms with E-state index in [0.717, 1.165) is 32.1 Å². The SMILES string of the molecule is CC12CC3(C)CC(C)(C1)C(COC(O)C(F)(F)S(O)(O)O)(C2)C3. The van der Waals surface area contributed by atoms with Crippen molar-refractivity contribution in [1.82, 2.24) is 0 Å². The number of hydrogen-bond donors (Lipinski definition) is 4. The molecule has 0 aliphatic heterocycles. The summed E-state index contributed by atoms with van der Waals surface area (Å²) in [4.78, 5) is 0. The number of halogens is 2. The molecule has 0 aromatic heterocycles. The molecule has 0 heterocycles. The molecule has 4 fully saturated rings. The average molecular weight is 356 g/mol. The first-order chi connectivity index (χ1) is 10.2. The van der Waals surface area contributed by atoms with Crippen LogP contribution in [-0.2, 0) is 4.74 Å². The Morgan fingerprint density at radius 3 is 1.91 bits per heavy atom. The third kappa shape index (κ3) is 2.45. The molecular formula is C15H26F2O5S. The largest absolute Gasteiger partial charge is 0.390 e. The Balaban J connectivity index is 1.77. The van der Waals surface area contributed by atoms with Gasteiger partial charge in [-0.15, -0.1) is 0 Å². The second kappa shape index (κ2) is 4.59. The maximum atomic E-state index is 13.6. The molecule has 0 amide bonds. The van der Waals surface area contributed by atoms with Gasteiger partial charge in [0.1, 0.15) is 0 Å². The topological polar surface area (TPSA) is 90.2 Å². The molecule has 4 N–H and O–H groups in total. The summed E-state index contributed by atoms with van der Waals surface area (Å²) >= 11 is 0. The minimum absolute atomic E-state index is 0.0225. The van der Waals surface area contributed by atoms with Crippen molar-refractivity contribution < 1.29 is 32.3 Å². The molecule has 4 aliphatic carbocycles. The number of aliphatic hydroxyl groups is 1. The first kappa shape index (κ1) is 17.8. The van der Waals surface area contributed by atoms with Crippen molar-refractivity contribution in [3.8, 4) is 0 Å². The lowest BCUT2D eigenvalue weighted by Crippen LogP contribution is -2.44. The second-order valence-corrected chi connectivity index (χ2v) is 10.7. The van der Waals surface area contributed by atoms with Crippen LogP contribution in [0.4, 0.5) is 8.78 Å². The summed E-state index contributed by atoms with van der Waals surface area (Å²) in [5, 5.41) is 5.04. The average Bonchev–Trinajstić information content (AvgIpc) is 2.56.